The number of urea groups is 1. The van der Waals surface area contributed by atoms with Gasteiger partial charge in [-0.25, -0.2) is 4.79 Å². The van der Waals surface area contributed by atoms with Gasteiger partial charge in [-0.3, -0.25) is 4.98 Å². The zero-order valence-electron chi connectivity index (χ0n) is 18.6. The van der Waals surface area contributed by atoms with Crippen molar-refractivity contribution in [2.45, 2.75) is 78.1 Å². The zero-order valence-corrected chi connectivity index (χ0v) is 18.6. The Morgan fingerprint density at radius 1 is 1.07 bits per heavy atom. The van der Waals surface area contributed by atoms with Crippen molar-refractivity contribution >= 4 is 6.03 Å². The molecular formula is C25H41N3O. The Bertz CT molecular complexity index is 587. The number of amides is 2. The molecule has 1 N–H and O–H groups in total. The second-order valence-corrected chi connectivity index (χ2v) is 9.70. The Morgan fingerprint density at radius 3 is 2.48 bits per heavy atom. The van der Waals surface area contributed by atoms with Crippen LogP contribution in [0.2, 0.25) is 0 Å². The number of aromatic nitrogens is 1. The van der Waals surface area contributed by atoms with Crippen molar-refractivity contribution in [3.63, 3.8) is 0 Å². The van der Waals surface area contributed by atoms with Crippen molar-refractivity contribution in [2.75, 3.05) is 19.6 Å². The van der Waals surface area contributed by atoms with Crippen LogP contribution in [-0.4, -0.2) is 35.5 Å². The highest BCUT2D eigenvalue weighted by Crippen LogP contribution is 2.45. The van der Waals surface area contributed by atoms with E-state index in [9.17, 15) is 4.79 Å². The van der Waals surface area contributed by atoms with E-state index in [1.54, 1.807) is 0 Å². The van der Waals surface area contributed by atoms with Crippen molar-refractivity contribution in [1.29, 1.82) is 0 Å². The van der Waals surface area contributed by atoms with Gasteiger partial charge in [-0.15, -0.1) is 0 Å². The number of carbonyl (C=O) groups is 1. The van der Waals surface area contributed by atoms with Crippen LogP contribution in [0.5, 0.6) is 0 Å². The zero-order chi connectivity index (χ0) is 20.5. The molecule has 2 unspecified atom stereocenters. The van der Waals surface area contributed by atoms with Crippen molar-refractivity contribution in [1.82, 2.24) is 15.2 Å². The van der Waals surface area contributed by atoms with Gasteiger partial charge in [-0.05, 0) is 106 Å². The van der Waals surface area contributed by atoms with E-state index in [2.05, 4.69) is 24.1 Å². The first kappa shape index (κ1) is 22.1. The summed E-state index contributed by atoms with van der Waals surface area (Å²) in [6, 6.07) is 4.22. The smallest absolute Gasteiger partial charge is 0.317 e. The van der Waals surface area contributed by atoms with E-state index in [0.717, 1.165) is 69.0 Å². The highest BCUT2D eigenvalue weighted by molar-refractivity contribution is 5.74. The van der Waals surface area contributed by atoms with Gasteiger partial charge >= 0.3 is 6.03 Å². The SMILES string of the molecule is CCCN(CCCC1CC2CC(C)CC(C1)C2)C(=O)NCCCc1ccncc1. The van der Waals surface area contributed by atoms with E-state index >= 15 is 0 Å². The molecule has 1 heterocycles. The molecule has 2 fully saturated rings. The number of carbonyl (C=O) groups excluding carboxylic acids is 1. The van der Waals surface area contributed by atoms with Crippen LogP contribution in [-0.2, 0) is 6.42 Å². The Kier molecular flexibility index (Phi) is 8.82. The molecule has 3 rings (SSSR count). The van der Waals surface area contributed by atoms with Crippen LogP contribution in [0.15, 0.2) is 24.5 Å². The third kappa shape index (κ3) is 7.31. The van der Waals surface area contributed by atoms with E-state index in [1.807, 2.05) is 29.4 Å². The number of hydrogen-bond acceptors (Lipinski definition) is 2. The fourth-order valence-electron chi connectivity index (χ4n) is 5.86. The molecular weight excluding hydrogens is 358 g/mol. The largest absolute Gasteiger partial charge is 0.338 e. The summed E-state index contributed by atoms with van der Waals surface area (Å²) < 4.78 is 0. The average Bonchev–Trinajstić information content (AvgIpc) is 2.70. The van der Waals surface area contributed by atoms with E-state index in [1.165, 1.54) is 44.1 Å². The van der Waals surface area contributed by atoms with Crippen LogP contribution in [0.3, 0.4) is 0 Å². The number of nitrogens with one attached hydrogen (secondary N) is 1. The fourth-order valence-corrected chi connectivity index (χ4v) is 5.86. The number of nitrogens with zero attached hydrogens (tertiary/aromatic N) is 2. The number of aryl methyl sites for hydroxylation is 1. The summed E-state index contributed by atoms with van der Waals surface area (Å²) in [5, 5.41) is 3.13. The molecule has 0 saturated heterocycles. The molecule has 1 aromatic rings. The minimum absolute atomic E-state index is 0.121. The monoisotopic (exact) mass is 399 g/mol. The van der Waals surface area contributed by atoms with E-state index < -0.39 is 0 Å². The first-order chi connectivity index (χ1) is 14.1. The normalized spacial score (nSPS) is 26.1. The summed E-state index contributed by atoms with van der Waals surface area (Å²) >= 11 is 0. The molecule has 4 heteroatoms. The second-order valence-electron chi connectivity index (χ2n) is 9.70. The number of hydrogen-bond donors (Lipinski definition) is 1. The Morgan fingerprint density at radius 2 is 1.79 bits per heavy atom. The first-order valence-corrected chi connectivity index (χ1v) is 12.1. The van der Waals surface area contributed by atoms with Gasteiger partial charge in [0.05, 0.1) is 0 Å². The summed E-state index contributed by atoms with van der Waals surface area (Å²) in [7, 11) is 0. The lowest BCUT2D eigenvalue weighted by Crippen LogP contribution is -2.41. The third-order valence-corrected chi connectivity index (χ3v) is 6.96. The van der Waals surface area contributed by atoms with Gasteiger partial charge in [0.25, 0.3) is 0 Å². The highest BCUT2D eigenvalue weighted by Gasteiger charge is 2.34. The minimum Gasteiger partial charge on any atom is -0.338 e. The molecule has 2 atom stereocenters. The van der Waals surface area contributed by atoms with Crippen LogP contribution in [0.1, 0.15) is 77.2 Å². The minimum atomic E-state index is 0.121. The Hall–Kier alpha value is -1.58. The summed E-state index contributed by atoms with van der Waals surface area (Å²) in [6.45, 7) is 7.12. The third-order valence-electron chi connectivity index (χ3n) is 6.96. The van der Waals surface area contributed by atoms with Gasteiger partial charge in [0.15, 0.2) is 0 Å². The van der Waals surface area contributed by atoms with Crippen LogP contribution >= 0.6 is 0 Å². The maximum atomic E-state index is 12.6. The van der Waals surface area contributed by atoms with Gasteiger partial charge in [-0.1, -0.05) is 13.8 Å². The fraction of sp³-hybridized carbons (Fsp3) is 0.760. The molecule has 4 nitrogen and oxygen atoms in total. The maximum Gasteiger partial charge on any atom is 0.317 e. The Balaban J connectivity index is 1.34. The van der Waals surface area contributed by atoms with E-state index in [0.29, 0.717) is 0 Å². The highest BCUT2D eigenvalue weighted by atomic mass is 16.2. The van der Waals surface area contributed by atoms with Gasteiger partial charge in [0.2, 0.25) is 0 Å². The molecule has 0 aliphatic heterocycles. The van der Waals surface area contributed by atoms with Crippen LogP contribution in [0.4, 0.5) is 4.79 Å². The van der Waals surface area contributed by atoms with Gasteiger partial charge < -0.3 is 10.2 Å². The predicted molar refractivity (Wildman–Crippen MR) is 120 cm³/mol. The molecule has 0 spiro atoms. The molecule has 162 valence electrons. The Labute approximate surface area is 177 Å². The van der Waals surface area contributed by atoms with Gasteiger partial charge in [-0.2, -0.15) is 0 Å². The molecule has 2 aliphatic rings. The lowest BCUT2D eigenvalue weighted by molar-refractivity contribution is 0.0974. The van der Waals surface area contributed by atoms with Crippen LogP contribution in [0, 0.1) is 23.7 Å². The molecule has 2 bridgehead atoms. The molecule has 0 radical (unpaired) electrons. The molecule has 1 aromatic heterocycles. The average molecular weight is 400 g/mol. The number of pyridine rings is 1. The summed E-state index contributed by atoms with van der Waals surface area (Å²) in [5.74, 6) is 3.82. The summed E-state index contributed by atoms with van der Waals surface area (Å²) in [4.78, 5) is 18.7. The second kappa shape index (κ2) is 11.6. The van der Waals surface area contributed by atoms with E-state index in [4.69, 9.17) is 0 Å². The van der Waals surface area contributed by atoms with Crippen LogP contribution in [0.25, 0.3) is 0 Å². The summed E-state index contributed by atoms with van der Waals surface area (Å²) in [6.07, 6.45) is 16.4. The van der Waals surface area contributed by atoms with Crippen molar-refractivity contribution < 1.29 is 4.79 Å². The number of rotatable bonds is 10. The maximum absolute atomic E-state index is 12.6. The van der Waals surface area contributed by atoms with Crippen molar-refractivity contribution in [2.24, 2.45) is 23.7 Å². The molecule has 2 amide bonds. The van der Waals surface area contributed by atoms with Crippen molar-refractivity contribution in [3.05, 3.63) is 30.1 Å². The summed E-state index contributed by atoms with van der Waals surface area (Å²) in [5.41, 5.74) is 1.28. The molecule has 0 aromatic carbocycles. The molecule has 2 aliphatic carbocycles. The first-order valence-electron chi connectivity index (χ1n) is 12.1. The van der Waals surface area contributed by atoms with E-state index in [-0.39, 0.29) is 6.03 Å². The topological polar surface area (TPSA) is 45.2 Å². The molecule has 2 saturated carbocycles. The van der Waals surface area contributed by atoms with Crippen molar-refractivity contribution in [3.8, 4) is 0 Å². The quantitative estimate of drug-likeness (QED) is 0.515. The lowest BCUT2D eigenvalue weighted by Gasteiger charge is -2.42. The molecule has 29 heavy (non-hydrogen) atoms. The predicted octanol–water partition coefficient (Wildman–Crippen LogP) is 5.68. The van der Waals surface area contributed by atoms with Gasteiger partial charge in [0, 0.05) is 32.0 Å². The standard InChI is InChI=1S/C25H41N3O/c1-3-13-28(25(29)27-10-4-6-21-8-11-26-12-9-21)14-5-7-22-17-23-15-20(2)16-24(18-22)19-23/h8-9,11-12,20,22-24H,3-7,10,13-19H2,1-2H3,(H,27,29). The van der Waals surface area contributed by atoms with Crippen LogP contribution < -0.4 is 5.32 Å². The van der Waals surface area contributed by atoms with Gasteiger partial charge in [0.1, 0.15) is 0 Å². The number of fused-ring (bicyclic) bond motifs is 2. The lowest BCUT2D eigenvalue weighted by atomic mass is 9.64.